The van der Waals surface area contributed by atoms with Gasteiger partial charge in [-0.3, -0.25) is 9.69 Å². The Bertz CT molecular complexity index is 1370. The fraction of sp³-hybridized carbons (Fsp3) is 0.111. The van der Waals surface area contributed by atoms with Gasteiger partial charge in [-0.2, -0.15) is 5.26 Å². The van der Waals surface area contributed by atoms with Crippen molar-refractivity contribution in [3.63, 3.8) is 0 Å². The molecule has 1 fully saturated rings. The Balaban J connectivity index is 1.49. The number of rotatable bonds is 7. The summed E-state index contributed by atoms with van der Waals surface area (Å²) >= 11 is 1.25. The van der Waals surface area contributed by atoms with Crippen molar-refractivity contribution in [2.75, 3.05) is 6.54 Å². The van der Waals surface area contributed by atoms with Gasteiger partial charge in [0.25, 0.3) is 5.91 Å². The molecule has 0 radical (unpaired) electrons. The van der Waals surface area contributed by atoms with Gasteiger partial charge in [0.05, 0.1) is 27.8 Å². The van der Waals surface area contributed by atoms with Crippen LogP contribution in [-0.4, -0.2) is 33.6 Å². The largest absolute Gasteiger partial charge is 0.489 e. The van der Waals surface area contributed by atoms with Crippen molar-refractivity contribution in [3.05, 3.63) is 100.0 Å². The molecule has 8 heteroatoms. The molecule has 0 unspecified atom stereocenters. The zero-order chi connectivity index (χ0) is 24.8. The van der Waals surface area contributed by atoms with Gasteiger partial charge in [-0.05, 0) is 66.7 Å². The number of ether oxygens (including phenoxy) is 1. The van der Waals surface area contributed by atoms with E-state index < -0.39 is 5.97 Å². The summed E-state index contributed by atoms with van der Waals surface area (Å²) in [4.78, 5) is 30.8. The van der Waals surface area contributed by atoms with E-state index in [4.69, 9.17) is 4.74 Å². The number of carboxylic acid groups (broad SMARTS) is 1. The van der Waals surface area contributed by atoms with Gasteiger partial charge in [0.1, 0.15) is 12.4 Å². The van der Waals surface area contributed by atoms with Gasteiger partial charge in [-0.1, -0.05) is 36.4 Å². The normalized spacial score (nSPS) is 15.4. The maximum atomic E-state index is 12.9. The molecule has 0 bridgehead atoms. The molecule has 0 spiro atoms. The predicted octanol–water partition coefficient (Wildman–Crippen LogP) is 5.46. The van der Waals surface area contributed by atoms with Gasteiger partial charge in [0.15, 0.2) is 5.17 Å². The first-order valence-electron chi connectivity index (χ1n) is 10.8. The van der Waals surface area contributed by atoms with Crippen LogP contribution in [0.25, 0.3) is 6.08 Å². The second kappa shape index (κ2) is 10.7. The smallest absolute Gasteiger partial charge is 0.335 e. The third-order valence-electron chi connectivity index (χ3n) is 5.23. The first-order chi connectivity index (χ1) is 17.0. The van der Waals surface area contributed by atoms with Crippen LogP contribution in [0.3, 0.4) is 0 Å². The molecule has 0 atom stereocenters. The molecule has 1 amide bonds. The van der Waals surface area contributed by atoms with Gasteiger partial charge in [0, 0.05) is 12.1 Å². The number of likely N-dealkylation sites (N-methyl/N-ethyl adjacent to an activating group) is 1. The number of aliphatic imine (C=N–C) groups is 1. The van der Waals surface area contributed by atoms with Crippen molar-refractivity contribution in [1.29, 1.82) is 5.26 Å². The summed E-state index contributed by atoms with van der Waals surface area (Å²) in [5.41, 5.74) is 2.83. The number of carboxylic acids is 1. The summed E-state index contributed by atoms with van der Waals surface area (Å²) in [6, 6.07) is 23.1. The summed E-state index contributed by atoms with van der Waals surface area (Å²) in [5, 5.41) is 18.9. The van der Waals surface area contributed by atoms with E-state index in [0.29, 0.717) is 33.6 Å². The first-order valence-corrected chi connectivity index (χ1v) is 11.6. The van der Waals surface area contributed by atoms with Crippen molar-refractivity contribution in [1.82, 2.24) is 4.90 Å². The molecule has 0 aliphatic carbocycles. The Labute approximate surface area is 207 Å². The van der Waals surface area contributed by atoms with Crippen LogP contribution >= 0.6 is 11.8 Å². The molecule has 1 heterocycles. The van der Waals surface area contributed by atoms with Crippen LogP contribution in [0.4, 0.5) is 5.69 Å². The minimum Gasteiger partial charge on any atom is -0.489 e. The fourth-order valence-corrected chi connectivity index (χ4v) is 4.48. The molecular formula is C27H21N3O4S. The summed E-state index contributed by atoms with van der Waals surface area (Å²) < 4.78 is 5.81. The molecule has 0 aromatic heterocycles. The molecule has 35 heavy (non-hydrogen) atoms. The van der Waals surface area contributed by atoms with Crippen LogP contribution in [0.2, 0.25) is 0 Å². The van der Waals surface area contributed by atoms with E-state index in [-0.39, 0.29) is 18.1 Å². The second-order valence-electron chi connectivity index (χ2n) is 7.54. The highest BCUT2D eigenvalue weighted by Gasteiger charge is 2.32. The van der Waals surface area contributed by atoms with Crippen LogP contribution in [0.5, 0.6) is 5.75 Å². The number of amides is 1. The highest BCUT2D eigenvalue weighted by molar-refractivity contribution is 8.18. The van der Waals surface area contributed by atoms with Crippen molar-refractivity contribution in [3.8, 4) is 11.8 Å². The molecule has 3 aromatic carbocycles. The highest BCUT2D eigenvalue weighted by Crippen LogP contribution is 2.34. The number of carbonyl (C=O) groups is 2. The molecule has 174 valence electrons. The molecule has 1 aliphatic rings. The van der Waals surface area contributed by atoms with Gasteiger partial charge in [-0.15, -0.1) is 0 Å². The number of thioether (sulfide) groups is 1. The van der Waals surface area contributed by atoms with Crippen molar-refractivity contribution < 1.29 is 19.4 Å². The topological polar surface area (TPSA) is 103 Å². The van der Waals surface area contributed by atoms with Crippen LogP contribution in [-0.2, 0) is 11.4 Å². The lowest BCUT2D eigenvalue weighted by molar-refractivity contribution is -0.122. The van der Waals surface area contributed by atoms with Gasteiger partial charge in [-0.25, -0.2) is 9.79 Å². The van der Waals surface area contributed by atoms with Crippen LogP contribution < -0.4 is 4.74 Å². The van der Waals surface area contributed by atoms with Crippen molar-refractivity contribution >= 4 is 40.6 Å². The van der Waals surface area contributed by atoms with E-state index in [1.807, 2.05) is 49.4 Å². The highest BCUT2D eigenvalue weighted by atomic mass is 32.2. The lowest BCUT2D eigenvalue weighted by Crippen LogP contribution is -2.28. The Hall–Kier alpha value is -4.35. The summed E-state index contributed by atoms with van der Waals surface area (Å²) in [7, 11) is 0. The van der Waals surface area contributed by atoms with Crippen molar-refractivity contribution in [2.45, 2.75) is 13.5 Å². The lowest BCUT2D eigenvalue weighted by Gasteiger charge is -2.12. The molecule has 7 nitrogen and oxygen atoms in total. The van der Waals surface area contributed by atoms with Gasteiger partial charge >= 0.3 is 5.97 Å². The first kappa shape index (κ1) is 23.8. The molecule has 4 rings (SSSR count). The van der Waals surface area contributed by atoms with E-state index in [1.165, 1.54) is 23.9 Å². The maximum absolute atomic E-state index is 12.9. The van der Waals surface area contributed by atoms with Crippen LogP contribution in [0, 0.1) is 11.3 Å². The number of hydrogen-bond donors (Lipinski definition) is 1. The molecular weight excluding hydrogens is 462 g/mol. The van der Waals surface area contributed by atoms with Crippen molar-refractivity contribution in [2.24, 2.45) is 4.99 Å². The van der Waals surface area contributed by atoms with Gasteiger partial charge in [0.2, 0.25) is 0 Å². The number of nitrogens with zero attached hydrogens (tertiary/aromatic N) is 3. The number of carbonyl (C=O) groups excluding carboxylic acids is 1. The summed E-state index contributed by atoms with van der Waals surface area (Å²) in [6.45, 7) is 2.59. The summed E-state index contributed by atoms with van der Waals surface area (Å²) in [5.74, 6) is -0.531. The third kappa shape index (κ3) is 5.60. The molecule has 1 aliphatic heterocycles. The standard InChI is InChI=1S/C27H21N3O4S/c1-2-30-25(31)24(35-27(30)29-22-9-5-8-19(15-22)26(32)33)14-18-10-12-23(13-11-18)34-17-21-7-4-3-6-20(21)16-28/h3-15H,2,17H2,1H3,(H,32,33)/b24-14+,29-27?. The van der Waals surface area contributed by atoms with E-state index in [1.54, 1.807) is 29.2 Å². The minimum absolute atomic E-state index is 0.137. The fourth-order valence-electron chi connectivity index (χ4n) is 3.42. The minimum atomic E-state index is -1.03. The Morgan fingerprint density at radius 3 is 2.63 bits per heavy atom. The van der Waals surface area contributed by atoms with Crippen LogP contribution in [0.15, 0.2) is 82.7 Å². The number of nitriles is 1. The zero-order valence-electron chi connectivity index (χ0n) is 18.8. The lowest BCUT2D eigenvalue weighted by atomic mass is 10.1. The third-order valence-corrected chi connectivity index (χ3v) is 6.24. The zero-order valence-corrected chi connectivity index (χ0v) is 19.7. The monoisotopic (exact) mass is 483 g/mol. The average Bonchev–Trinajstić information content (AvgIpc) is 3.17. The maximum Gasteiger partial charge on any atom is 0.335 e. The predicted molar refractivity (Wildman–Crippen MR) is 135 cm³/mol. The molecule has 1 saturated heterocycles. The number of amidine groups is 1. The Morgan fingerprint density at radius 2 is 1.91 bits per heavy atom. The van der Waals surface area contributed by atoms with E-state index in [9.17, 15) is 20.0 Å². The molecule has 3 aromatic rings. The molecule has 1 N–H and O–H groups in total. The number of benzene rings is 3. The number of hydrogen-bond acceptors (Lipinski definition) is 6. The van der Waals surface area contributed by atoms with Gasteiger partial charge < -0.3 is 9.84 Å². The average molecular weight is 484 g/mol. The van der Waals surface area contributed by atoms with E-state index >= 15 is 0 Å². The SMILES string of the molecule is CCN1C(=O)/C(=C\c2ccc(OCc3ccccc3C#N)cc2)SC1=Nc1cccc(C(=O)O)c1. The Kier molecular flexibility index (Phi) is 7.29. The van der Waals surface area contributed by atoms with E-state index in [2.05, 4.69) is 11.1 Å². The van der Waals surface area contributed by atoms with E-state index in [0.717, 1.165) is 11.1 Å². The summed E-state index contributed by atoms with van der Waals surface area (Å²) in [6.07, 6.45) is 1.79. The second-order valence-corrected chi connectivity index (χ2v) is 8.55. The van der Waals surface area contributed by atoms with Crippen LogP contribution in [0.1, 0.15) is 34.0 Å². The quantitative estimate of drug-likeness (QED) is 0.448. The molecule has 0 saturated carbocycles. The Morgan fingerprint density at radius 1 is 1.14 bits per heavy atom. The number of aromatic carboxylic acids is 1.